The largest absolute Gasteiger partial charge is 0.339 e. The minimum absolute atomic E-state index is 0.500. The van der Waals surface area contributed by atoms with Crippen molar-refractivity contribution in [1.82, 2.24) is 24.3 Å². The molecular formula is C16H20N6. The van der Waals surface area contributed by atoms with Crippen LogP contribution in [0.3, 0.4) is 0 Å². The standard InChI is InChI=1S/C16H20N6/c1-20-5-2-14(3-6-20)22-11-13(10-19-22)12-8-16-15(18-9-12)4-7-21(16)17/h4,7-11,14H,2-3,5-6,17H2,1H3. The first kappa shape index (κ1) is 13.3. The second-order valence-electron chi connectivity index (χ2n) is 6.09. The van der Waals surface area contributed by atoms with Crippen molar-refractivity contribution in [3.05, 3.63) is 36.9 Å². The highest BCUT2D eigenvalue weighted by Gasteiger charge is 2.19. The zero-order valence-corrected chi connectivity index (χ0v) is 12.7. The number of nitrogens with two attached hydrogens (primary N) is 1. The smallest absolute Gasteiger partial charge is 0.0901 e. The molecule has 0 amide bonds. The van der Waals surface area contributed by atoms with Gasteiger partial charge in [-0.1, -0.05) is 0 Å². The van der Waals surface area contributed by atoms with E-state index in [2.05, 4.69) is 39.0 Å². The summed E-state index contributed by atoms with van der Waals surface area (Å²) in [6, 6.07) is 4.49. The Morgan fingerprint density at radius 1 is 1.18 bits per heavy atom. The van der Waals surface area contributed by atoms with Gasteiger partial charge in [-0.25, -0.2) is 0 Å². The van der Waals surface area contributed by atoms with Crippen LogP contribution in [0, 0.1) is 0 Å². The first-order chi connectivity index (χ1) is 10.7. The van der Waals surface area contributed by atoms with Crippen molar-refractivity contribution in [1.29, 1.82) is 0 Å². The maximum absolute atomic E-state index is 5.91. The number of pyridine rings is 1. The van der Waals surface area contributed by atoms with Gasteiger partial charge < -0.3 is 10.7 Å². The van der Waals surface area contributed by atoms with Gasteiger partial charge in [-0.15, -0.1) is 0 Å². The number of nitrogen functional groups attached to an aromatic ring is 1. The van der Waals surface area contributed by atoms with Crippen molar-refractivity contribution in [2.24, 2.45) is 0 Å². The predicted octanol–water partition coefficient (Wildman–Crippen LogP) is 1.88. The van der Waals surface area contributed by atoms with Crippen LogP contribution in [0.1, 0.15) is 18.9 Å². The molecule has 0 spiro atoms. The molecule has 1 fully saturated rings. The molecule has 0 atom stereocenters. The van der Waals surface area contributed by atoms with E-state index >= 15 is 0 Å². The van der Waals surface area contributed by atoms with Crippen molar-refractivity contribution in [3.8, 4) is 11.1 Å². The molecule has 1 aliphatic heterocycles. The molecule has 114 valence electrons. The van der Waals surface area contributed by atoms with Gasteiger partial charge in [0.2, 0.25) is 0 Å². The van der Waals surface area contributed by atoms with Crippen molar-refractivity contribution in [2.75, 3.05) is 26.0 Å². The number of aromatic nitrogens is 4. The third kappa shape index (κ3) is 2.25. The molecule has 6 heteroatoms. The highest BCUT2D eigenvalue weighted by atomic mass is 15.3. The summed E-state index contributed by atoms with van der Waals surface area (Å²) >= 11 is 0. The molecule has 3 aromatic rings. The third-order valence-electron chi connectivity index (χ3n) is 4.57. The van der Waals surface area contributed by atoms with Crippen LogP contribution in [0.25, 0.3) is 22.2 Å². The second kappa shape index (κ2) is 5.14. The summed E-state index contributed by atoms with van der Waals surface area (Å²) in [5.74, 6) is 5.91. The summed E-state index contributed by atoms with van der Waals surface area (Å²) in [6.45, 7) is 2.27. The monoisotopic (exact) mass is 296 g/mol. The molecule has 0 saturated carbocycles. The molecule has 6 nitrogen and oxygen atoms in total. The third-order valence-corrected chi connectivity index (χ3v) is 4.57. The second-order valence-corrected chi connectivity index (χ2v) is 6.09. The molecule has 0 aliphatic carbocycles. The summed E-state index contributed by atoms with van der Waals surface area (Å²) in [4.78, 5) is 6.83. The molecule has 22 heavy (non-hydrogen) atoms. The minimum Gasteiger partial charge on any atom is -0.339 e. The topological polar surface area (TPSA) is 64.9 Å². The Hall–Kier alpha value is -2.34. The predicted molar refractivity (Wildman–Crippen MR) is 86.9 cm³/mol. The first-order valence-corrected chi connectivity index (χ1v) is 7.66. The zero-order chi connectivity index (χ0) is 15.1. The molecule has 1 aliphatic rings. The summed E-state index contributed by atoms with van der Waals surface area (Å²) < 4.78 is 3.71. The van der Waals surface area contributed by atoms with Gasteiger partial charge >= 0.3 is 0 Å². The van der Waals surface area contributed by atoms with Crippen LogP contribution >= 0.6 is 0 Å². The Labute approximate surface area is 129 Å². The zero-order valence-electron chi connectivity index (χ0n) is 12.7. The lowest BCUT2D eigenvalue weighted by atomic mass is 10.1. The number of hydrogen-bond donors (Lipinski definition) is 1. The Morgan fingerprint density at radius 2 is 2.00 bits per heavy atom. The van der Waals surface area contributed by atoms with Gasteiger partial charge in [0.15, 0.2) is 0 Å². The Morgan fingerprint density at radius 3 is 2.82 bits per heavy atom. The van der Waals surface area contributed by atoms with Crippen LogP contribution in [-0.2, 0) is 0 Å². The number of nitrogens with zero attached hydrogens (tertiary/aromatic N) is 5. The summed E-state index contributed by atoms with van der Waals surface area (Å²) in [5, 5.41) is 4.56. The fourth-order valence-corrected chi connectivity index (χ4v) is 3.13. The van der Waals surface area contributed by atoms with Gasteiger partial charge in [-0.2, -0.15) is 5.10 Å². The lowest BCUT2D eigenvalue weighted by Gasteiger charge is -2.28. The van der Waals surface area contributed by atoms with Crippen LogP contribution in [0.4, 0.5) is 0 Å². The Kier molecular flexibility index (Phi) is 3.11. The lowest BCUT2D eigenvalue weighted by Crippen LogP contribution is -2.31. The molecule has 0 bridgehead atoms. The van der Waals surface area contributed by atoms with Crippen molar-refractivity contribution in [2.45, 2.75) is 18.9 Å². The average molecular weight is 296 g/mol. The van der Waals surface area contributed by atoms with Crippen LogP contribution in [0.5, 0.6) is 0 Å². The van der Waals surface area contributed by atoms with Crippen LogP contribution in [-0.4, -0.2) is 44.5 Å². The molecule has 1 saturated heterocycles. The van der Waals surface area contributed by atoms with Gasteiger partial charge in [0.05, 0.1) is 23.3 Å². The molecule has 0 unspecified atom stereocenters. The molecule has 4 rings (SSSR count). The van der Waals surface area contributed by atoms with Crippen molar-refractivity contribution < 1.29 is 0 Å². The maximum Gasteiger partial charge on any atom is 0.0901 e. The van der Waals surface area contributed by atoms with Gasteiger partial charge in [0.25, 0.3) is 0 Å². The highest BCUT2D eigenvalue weighted by molar-refractivity contribution is 5.81. The van der Waals surface area contributed by atoms with E-state index in [1.807, 2.05) is 24.7 Å². The summed E-state index contributed by atoms with van der Waals surface area (Å²) in [6.07, 6.45) is 10.1. The van der Waals surface area contributed by atoms with E-state index in [1.165, 1.54) is 0 Å². The number of hydrogen-bond acceptors (Lipinski definition) is 4. The Balaban J connectivity index is 1.63. The van der Waals surface area contributed by atoms with Gasteiger partial charge in [0.1, 0.15) is 0 Å². The maximum atomic E-state index is 5.91. The Bertz CT molecular complexity index is 794. The summed E-state index contributed by atoms with van der Waals surface area (Å²) in [5.41, 5.74) is 3.99. The first-order valence-electron chi connectivity index (χ1n) is 7.66. The highest BCUT2D eigenvalue weighted by Crippen LogP contribution is 2.26. The van der Waals surface area contributed by atoms with E-state index in [4.69, 9.17) is 5.84 Å². The minimum atomic E-state index is 0.500. The van der Waals surface area contributed by atoms with E-state index < -0.39 is 0 Å². The van der Waals surface area contributed by atoms with E-state index in [0.717, 1.165) is 48.1 Å². The van der Waals surface area contributed by atoms with E-state index in [-0.39, 0.29) is 0 Å². The molecule has 0 radical (unpaired) electrons. The van der Waals surface area contributed by atoms with E-state index in [0.29, 0.717) is 6.04 Å². The number of likely N-dealkylation sites (tertiary alicyclic amines) is 1. The van der Waals surface area contributed by atoms with Crippen LogP contribution in [0.15, 0.2) is 36.9 Å². The SMILES string of the molecule is CN1CCC(n2cc(-c3cnc4ccn(N)c4c3)cn2)CC1. The van der Waals surface area contributed by atoms with Crippen LogP contribution in [0.2, 0.25) is 0 Å². The van der Waals surface area contributed by atoms with Crippen LogP contribution < -0.4 is 5.84 Å². The molecule has 3 aromatic heterocycles. The van der Waals surface area contributed by atoms with E-state index in [9.17, 15) is 0 Å². The number of piperidine rings is 1. The average Bonchev–Trinajstić information content (AvgIpc) is 3.16. The van der Waals surface area contributed by atoms with Gasteiger partial charge in [-0.05, 0) is 45.1 Å². The molecule has 0 aromatic carbocycles. The molecular weight excluding hydrogens is 276 g/mol. The van der Waals surface area contributed by atoms with Crippen molar-refractivity contribution in [3.63, 3.8) is 0 Å². The fourth-order valence-electron chi connectivity index (χ4n) is 3.13. The number of rotatable bonds is 2. The van der Waals surface area contributed by atoms with E-state index in [1.54, 1.807) is 4.68 Å². The van der Waals surface area contributed by atoms with Gasteiger partial charge in [-0.3, -0.25) is 14.3 Å². The van der Waals surface area contributed by atoms with Crippen molar-refractivity contribution >= 4 is 11.0 Å². The normalized spacial score (nSPS) is 17.3. The number of fused-ring (bicyclic) bond motifs is 1. The lowest BCUT2D eigenvalue weighted by molar-refractivity contribution is 0.212. The fraction of sp³-hybridized carbons (Fsp3) is 0.375. The molecule has 2 N–H and O–H groups in total. The quantitative estimate of drug-likeness (QED) is 0.733. The van der Waals surface area contributed by atoms with Gasteiger partial charge in [0, 0.05) is 29.7 Å². The molecule has 4 heterocycles. The summed E-state index contributed by atoms with van der Waals surface area (Å²) in [7, 11) is 2.17.